The molecular formula is C8H19BrSi. The van der Waals surface area contributed by atoms with Gasteiger partial charge < -0.3 is 0 Å². The molecule has 0 atom stereocenters. The fourth-order valence-electron chi connectivity index (χ4n) is 1.05. The van der Waals surface area contributed by atoms with E-state index in [1.807, 2.05) is 0 Å². The van der Waals surface area contributed by atoms with Crippen molar-refractivity contribution >= 4 is 25.4 Å². The summed E-state index contributed by atoms with van der Waals surface area (Å²) in [5.41, 5.74) is 0. The van der Waals surface area contributed by atoms with Crippen LogP contribution in [0.2, 0.25) is 12.1 Å². The Morgan fingerprint density at radius 2 is 1.80 bits per heavy atom. The van der Waals surface area contributed by atoms with Crippen molar-refractivity contribution in [3.63, 3.8) is 0 Å². The highest BCUT2D eigenvalue weighted by atomic mass is 79.9. The topological polar surface area (TPSA) is 0 Å². The van der Waals surface area contributed by atoms with E-state index in [4.69, 9.17) is 0 Å². The average Bonchev–Trinajstić information content (AvgIpc) is 1.97. The Morgan fingerprint density at radius 1 is 1.10 bits per heavy atom. The predicted molar refractivity (Wildman–Crippen MR) is 56.1 cm³/mol. The molecule has 0 aromatic heterocycles. The molecule has 0 N–H and O–H groups in total. The van der Waals surface area contributed by atoms with Crippen molar-refractivity contribution < 1.29 is 0 Å². The lowest BCUT2D eigenvalue weighted by atomic mass is 10.4. The summed E-state index contributed by atoms with van der Waals surface area (Å²) >= 11 is 3.45. The second-order valence-corrected chi connectivity index (χ2v) is 5.72. The SMILES string of the molecule is CCCC[SiH2]CCCCBr. The van der Waals surface area contributed by atoms with Crippen molar-refractivity contribution in [1.82, 2.24) is 0 Å². The zero-order valence-corrected chi connectivity index (χ0v) is 10.0. The largest absolute Gasteiger partial charge is 0.0928 e. The molecule has 0 fully saturated rings. The van der Waals surface area contributed by atoms with Gasteiger partial charge in [-0.2, -0.15) is 0 Å². The second-order valence-electron chi connectivity index (χ2n) is 2.81. The van der Waals surface area contributed by atoms with Crippen LogP contribution in [-0.4, -0.2) is 14.8 Å². The monoisotopic (exact) mass is 222 g/mol. The van der Waals surface area contributed by atoms with E-state index in [1.54, 1.807) is 12.1 Å². The second kappa shape index (κ2) is 9.70. The van der Waals surface area contributed by atoms with Crippen LogP contribution in [0.15, 0.2) is 0 Å². The first-order valence-electron chi connectivity index (χ1n) is 4.47. The molecule has 0 aliphatic heterocycles. The van der Waals surface area contributed by atoms with Crippen LogP contribution in [0.1, 0.15) is 32.6 Å². The van der Waals surface area contributed by atoms with Gasteiger partial charge in [0.1, 0.15) is 0 Å². The summed E-state index contributed by atoms with van der Waals surface area (Å²) in [5, 5.41) is 1.20. The minimum atomic E-state index is 0.359. The Labute approximate surface area is 75.7 Å². The van der Waals surface area contributed by atoms with Gasteiger partial charge in [0.2, 0.25) is 0 Å². The quantitative estimate of drug-likeness (QED) is 0.353. The van der Waals surface area contributed by atoms with E-state index in [9.17, 15) is 0 Å². The van der Waals surface area contributed by atoms with Gasteiger partial charge in [0, 0.05) is 14.8 Å². The molecule has 0 saturated heterocycles. The van der Waals surface area contributed by atoms with Gasteiger partial charge in [-0.1, -0.05) is 54.2 Å². The number of hydrogen-bond donors (Lipinski definition) is 0. The Bertz CT molecular complexity index is 49.2. The van der Waals surface area contributed by atoms with Crippen molar-refractivity contribution in [2.45, 2.75) is 44.7 Å². The van der Waals surface area contributed by atoms with Gasteiger partial charge in [0.05, 0.1) is 0 Å². The molecule has 0 aliphatic carbocycles. The van der Waals surface area contributed by atoms with Gasteiger partial charge >= 0.3 is 0 Å². The molecule has 0 radical (unpaired) electrons. The number of unbranched alkanes of at least 4 members (excludes halogenated alkanes) is 2. The highest BCUT2D eigenvalue weighted by molar-refractivity contribution is 9.09. The summed E-state index contributed by atoms with van der Waals surface area (Å²) in [5.74, 6) is 0. The van der Waals surface area contributed by atoms with Crippen LogP contribution >= 0.6 is 15.9 Å². The zero-order chi connectivity index (χ0) is 7.66. The summed E-state index contributed by atoms with van der Waals surface area (Å²) < 4.78 is 0. The Kier molecular flexibility index (Phi) is 10.4. The Balaban J connectivity index is 2.65. The Hall–Kier alpha value is 0.697. The van der Waals surface area contributed by atoms with Crippen molar-refractivity contribution in [3.8, 4) is 0 Å². The van der Waals surface area contributed by atoms with Crippen molar-refractivity contribution in [1.29, 1.82) is 0 Å². The summed E-state index contributed by atoms with van der Waals surface area (Å²) in [4.78, 5) is 0. The molecular weight excluding hydrogens is 204 g/mol. The predicted octanol–water partition coefficient (Wildman–Crippen LogP) is 2.97. The van der Waals surface area contributed by atoms with Gasteiger partial charge in [-0.05, 0) is 6.42 Å². The highest BCUT2D eigenvalue weighted by Crippen LogP contribution is 2.02. The number of rotatable bonds is 7. The third kappa shape index (κ3) is 8.70. The number of halogens is 1. The van der Waals surface area contributed by atoms with Crippen molar-refractivity contribution in [2.24, 2.45) is 0 Å². The van der Waals surface area contributed by atoms with E-state index >= 15 is 0 Å². The first-order valence-corrected chi connectivity index (χ1v) is 7.60. The van der Waals surface area contributed by atoms with Crippen LogP contribution in [0.25, 0.3) is 0 Å². The minimum Gasteiger partial charge on any atom is -0.0928 e. The minimum absolute atomic E-state index is 0.359. The molecule has 0 amide bonds. The summed E-state index contributed by atoms with van der Waals surface area (Å²) in [7, 11) is 0.359. The van der Waals surface area contributed by atoms with Crippen LogP contribution in [0.4, 0.5) is 0 Å². The van der Waals surface area contributed by atoms with Gasteiger partial charge in [0.15, 0.2) is 0 Å². The lowest BCUT2D eigenvalue weighted by Crippen LogP contribution is -1.88. The highest BCUT2D eigenvalue weighted by Gasteiger charge is 1.88. The van der Waals surface area contributed by atoms with Crippen molar-refractivity contribution in [2.75, 3.05) is 5.33 Å². The normalized spacial score (nSPS) is 11.4. The third-order valence-electron chi connectivity index (χ3n) is 1.74. The fourth-order valence-corrected chi connectivity index (χ4v) is 3.36. The molecule has 0 unspecified atom stereocenters. The van der Waals surface area contributed by atoms with Crippen molar-refractivity contribution in [3.05, 3.63) is 0 Å². The van der Waals surface area contributed by atoms with Gasteiger partial charge in [0.25, 0.3) is 0 Å². The summed E-state index contributed by atoms with van der Waals surface area (Å²) in [6.07, 6.45) is 5.74. The molecule has 0 heterocycles. The van der Waals surface area contributed by atoms with Crippen LogP contribution in [0, 0.1) is 0 Å². The van der Waals surface area contributed by atoms with Crippen LogP contribution < -0.4 is 0 Å². The first-order chi connectivity index (χ1) is 4.91. The first kappa shape index (κ1) is 10.7. The fraction of sp³-hybridized carbons (Fsp3) is 1.00. The molecule has 0 aromatic rings. The molecule has 0 nitrogen and oxygen atoms in total. The number of hydrogen-bond acceptors (Lipinski definition) is 0. The maximum absolute atomic E-state index is 3.45. The summed E-state index contributed by atoms with van der Waals surface area (Å²) in [6.45, 7) is 2.28. The number of alkyl halides is 1. The Morgan fingerprint density at radius 3 is 2.40 bits per heavy atom. The maximum Gasteiger partial charge on any atom is 0.0197 e. The molecule has 2 heteroatoms. The lowest BCUT2D eigenvalue weighted by molar-refractivity contribution is 0.858. The van der Waals surface area contributed by atoms with E-state index in [0.717, 1.165) is 0 Å². The molecule has 10 heavy (non-hydrogen) atoms. The molecule has 0 rings (SSSR count). The van der Waals surface area contributed by atoms with Crippen LogP contribution in [0.5, 0.6) is 0 Å². The van der Waals surface area contributed by atoms with E-state index in [0.29, 0.717) is 9.52 Å². The molecule has 0 aliphatic rings. The summed E-state index contributed by atoms with van der Waals surface area (Å²) in [6, 6.07) is 3.16. The molecule has 0 bridgehead atoms. The third-order valence-corrected chi connectivity index (χ3v) is 4.30. The molecule has 0 spiro atoms. The van der Waals surface area contributed by atoms with E-state index in [-0.39, 0.29) is 0 Å². The zero-order valence-electron chi connectivity index (χ0n) is 7.03. The van der Waals surface area contributed by atoms with Gasteiger partial charge in [-0.3, -0.25) is 0 Å². The lowest BCUT2D eigenvalue weighted by Gasteiger charge is -1.96. The van der Waals surface area contributed by atoms with Crippen LogP contribution in [0.3, 0.4) is 0 Å². The van der Waals surface area contributed by atoms with Gasteiger partial charge in [-0.25, -0.2) is 0 Å². The van der Waals surface area contributed by atoms with E-state index < -0.39 is 0 Å². The molecule has 0 saturated carbocycles. The standard InChI is InChI=1S/C8H19BrSi/c1-2-3-7-10-8-5-4-6-9/h2-8,10H2,1H3. The van der Waals surface area contributed by atoms with E-state index in [1.165, 1.54) is 31.0 Å². The molecule has 62 valence electrons. The van der Waals surface area contributed by atoms with Crippen LogP contribution in [-0.2, 0) is 0 Å². The molecule has 0 aromatic carbocycles. The van der Waals surface area contributed by atoms with E-state index in [2.05, 4.69) is 22.9 Å². The smallest absolute Gasteiger partial charge is 0.0197 e. The maximum atomic E-state index is 3.45. The average molecular weight is 223 g/mol. The van der Waals surface area contributed by atoms with Gasteiger partial charge in [-0.15, -0.1) is 0 Å².